The Bertz CT molecular complexity index is 605. The molecule has 0 unspecified atom stereocenters. The van der Waals surface area contributed by atoms with Crippen LogP contribution in [-0.4, -0.2) is 41.2 Å². The molecule has 1 aliphatic rings. The number of ether oxygens (including phenoxy) is 1. The molecule has 0 spiro atoms. The Balaban J connectivity index is 1.49. The van der Waals surface area contributed by atoms with E-state index in [2.05, 4.69) is 10.2 Å². The van der Waals surface area contributed by atoms with Gasteiger partial charge in [-0.3, -0.25) is 9.89 Å². The van der Waals surface area contributed by atoms with Crippen LogP contribution in [0.4, 0.5) is 0 Å². The molecule has 0 saturated heterocycles. The minimum absolute atomic E-state index is 0.0742. The van der Waals surface area contributed by atoms with Crippen LogP contribution in [0.15, 0.2) is 36.4 Å². The molecule has 1 aliphatic carbocycles. The van der Waals surface area contributed by atoms with Crippen LogP contribution in [0.3, 0.4) is 0 Å². The van der Waals surface area contributed by atoms with Gasteiger partial charge in [0, 0.05) is 18.7 Å². The van der Waals surface area contributed by atoms with Gasteiger partial charge in [0.05, 0.1) is 6.54 Å². The van der Waals surface area contributed by atoms with E-state index in [-0.39, 0.29) is 5.91 Å². The number of carbonyl (C=O) groups is 1. The molecule has 1 aromatic heterocycles. The maximum absolute atomic E-state index is 12.2. The largest absolute Gasteiger partial charge is 0.492 e. The van der Waals surface area contributed by atoms with Crippen molar-refractivity contribution < 1.29 is 9.53 Å². The predicted octanol–water partition coefficient (Wildman–Crippen LogP) is 2.44. The third-order valence-corrected chi connectivity index (χ3v) is 3.62. The summed E-state index contributed by atoms with van der Waals surface area (Å²) < 4.78 is 5.59. The van der Waals surface area contributed by atoms with E-state index in [0.29, 0.717) is 24.8 Å². The lowest BCUT2D eigenvalue weighted by Crippen LogP contribution is -2.31. The van der Waals surface area contributed by atoms with Gasteiger partial charge in [-0.05, 0) is 31.0 Å². The number of aromatic nitrogens is 2. The van der Waals surface area contributed by atoms with E-state index in [4.69, 9.17) is 4.74 Å². The average Bonchev–Trinajstić information content (AvgIpc) is 3.25. The highest BCUT2D eigenvalue weighted by Gasteiger charge is 2.27. The molecule has 0 bridgehead atoms. The van der Waals surface area contributed by atoms with Crippen LogP contribution in [-0.2, 0) is 0 Å². The van der Waals surface area contributed by atoms with Crippen molar-refractivity contribution >= 4 is 5.91 Å². The van der Waals surface area contributed by atoms with Gasteiger partial charge in [0.25, 0.3) is 5.91 Å². The number of carbonyl (C=O) groups excluding carboxylic acids is 1. The van der Waals surface area contributed by atoms with Crippen molar-refractivity contribution in [2.45, 2.75) is 18.8 Å². The Hall–Kier alpha value is -2.30. The van der Waals surface area contributed by atoms with Gasteiger partial charge < -0.3 is 9.64 Å². The van der Waals surface area contributed by atoms with Crippen molar-refractivity contribution in [3.05, 3.63) is 47.8 Å². The molecule has 1 heterocycles. The van der Waals surface area contributed by atoms with Gasteiger partial charge >= 0.3 is 0 Å². The summed E-state index contributed by atoms with van der Waals surface area (Å²) in [5, 5.41) is 7.06. The zero-order valence-electron chi connectivity index (χ0n) is 12.1. The molecule has 0 aliphatic heterocycles. The minimum atomic E-state index is -0.0742. The number of nitrogens with zero attached hydrogens (tertiary/aromatic N) is 2. The molecule has 110 valence electrons. The topological polar surface area (TPSA) is 58.2 Å². The van der Waals surface area contributed by atoms with E-state index in [9.17, 15) is 4.79 Å². The maximum Gasteiger partial charge on any atom is 0.274 e. The molecule has 1 aromatic carbocycles. The van der Waals surface area contributed by atoms with Crippen molar-refractivity contribution in [2.75, 3.05) is 20.2 Å². The van der Waals surface area contributed by atoms with Crippen molar-refractivity contribution in [1.82, 2.24) is 15.1 Å². The summed E-state index contributed by atoms with van der Waals surface area (Å²) in [4.78, 5) is 13.9. The highest BCUT2D eigenvalue weighted by atomic mass is 16.5. The molecule has 3 rings (SSSR count). The number of benzene rings is 1. The van der Waals surface area contributed by atoms with Gasteiger partial charge in [0.15, 0.2) is 0 Å². The molecule has 5 nitrogen and oxygen atoms in total. The summed E-state index contributed by atoms with van der Waals surface area (Å²) in [6, 6.07) is 11.5. The van der Waals surface area contributed by atoms with E-state index in [0.717, 1.165) is 11.4 Å². The van der Waals surface area contributed by atoms with Crippen molar-refractivity contribution in [1.29, 1.82) is 0 Å². The average molecular weight is 285 g/mol. The fourth-order valence-corrected chi connectivity index (χ4v) is 2.16. The third kappa shape index (κ3) is 3.42. The lowest BCUT2D eigenvalue weighted by atomic mass is 10.2. The number of likely N-dealkylation sites (N-methyl/N-ethyl adjacent to an activating group) is 1. The number of aromatic amines is 1. The van der Waals surface area contributed by atoms with Crippen LogP contribution < -0.4 is 4.74 Å². The number of hydrogen-bond donors (Lipinski definition) is 1. The van der Waals surface area contributed by atoms with E-state index >= 15 is 0 Å². The summed E-state index contributed by atoms with van der Waals surface area (Å²) in [5.74, 6) is 1.31. The predicted molar refractivity (Wildman–Crippen MR) is 79.5 cm³/mol. The molecule has 1 fully saturated rings. The van der Waals surface area contributed by atoms with E-state index in [1.165, 1.54) is 12.8 Å². The second-order valence-electron chi connectivity index (χ2n) is 5.37. The van der Waals surface area contributed by atoms with Gasteiger partial charge in [0.1, 0.15) is 18.1 Å². The van der Waals surface area contributed by atoms with Gasteiger partial charge in [0.2, 0.25) is 0 Å². The van der Waals surface area contributed by atoms with E-state index in [1.807, 2.05) is 36.4 Å². The molecule has 5 heteroatoms. The van der Waals surface area contributed by atoms with Crippen LogP contribution in [0.1, 0.15) is 34.9 Å². The Morgan fingerprint density at radius 2 is 2.14 bits per heavy atom. The SMILES string of the molecule is CN(CCOc1ccccc1)C(=O)c1cc(C2CC2)[nH]n1. The lowest BCUT2D eigenvalue weighted by molar-refractivity contribution is 0.0768. The highest BCUT2D eigenvalue weighted by molar-refractivity contribution is 5.92. The lowest BCUT2D eigenvalue weighted by Gasteiger charge is -2.16. The summed E-state index contributed by atoms with van der Waals surface area (Å²) in [6.45, 7) is 0.992. The van der Waals surface area contributed by atoms with Crippen molar-refractivity contribution in [3.8, 4) is 5.75 Å². The molecule has 21 heavy (non-hydrogen) atoms. The standard InChI is InChI=1S/C16H19N3O2/c1-19(9-10-21-13-5-3-2-4-6-13)16(20)15-11-14(17-18-15)12-7-8-12/h2-6,11-12H,7-10H2,1H3,(H,17,18). The Morgan fingerprint density at radius 1 is 1.38 bits per heavy atom. The zero-order chi connectivity index (χ0) is 14.7. The van der Waals surface area contributed by atoms with Crippen molar-refractivity contribution in [2.24, 2.45) is 0 Å². The normalized spacial score (nSPS) is 14.0. The van der Waals surface area contributed by atoms with Crippen LogP contribution in [0, 0.1) is 0 Å². The van der Waals surface area contributed by atoms with Gasteiger partial charge in [-0.25, -0.2) is 0 Å². The monoisotopic (exact) mass is 285 g/mol. The van der Waals surface area contributed by atoms with Crippen LogP contribution in [0.5, 0.6) is 5.75 Å². The number of amides is 1. The van der Waals surface area contributed by atoms with Crippen LogP contribution in [0.25, 0.3) is 0 Å². The number of hydrogen-bond acceptors (Lipinski definition) is 3. The third-order valence-electron chi connectivity index (χ3n) is 3.62. The maximum atomic E-state index is 12.2. The number of H-pyrrole nitrogens is 1. The minimum Gasteiger partial charge on any atom is -0.492 e. The van der Waals surface area contributed by atoms with Gasteiger partial charge in [-0.1, -0.05) is 18.2 Å². The van der Waals surface area contributed by atoms with Gasteiger partial charge in [-0.2, -0.15) is 5.10 Å². The molecule has 0 atom stereocenters. The summed E-state index contributed by atoms with van der Waals surface area (Å²) >= 11 is 0. The molecule has 2 aromatic rings. The number of rotatable bonds is 6. The Morgan fingerprint density at radius 3 is 2.86 bits per heavy atom. The number of nitrogens with one attached hydrogen (secondary N) is 1. The number of para-hydroxylation sites is 1. The molecule has 0 radical (unpaired) electrons. The molecule has 1 amide bonds. The second kappa shape index (κ2) is 5.99. The van der Waals surface area contributed by atoms with E-state index < -0.39 is 0 Å². The smallest absolute Gasteiger partial charge is 0.274 e. The first-order valence-corrected chi connectivity index (χ1v) is 7.22. The molecular weight excluding hydrogens is 266 g/mol. The Kier molecular flexibility index (Phi) is 3.90. The second-order valence-corrected chi connectivity index (χ2v) is 5.37. The van der Waals surface area contributed by atoms with Crippen LogP contribution >= 0.6 is 0 Å². The zero-order valence-corrected chi connectivity index (χ0v) is 12.1. The molecule has 1 N–H and O–H groups in total. The van der Waals surface area contributed by atoms with Crippen molar-refractivity contribution in [3.63, 3.8) is 0 Å². The van der Waals surface area contributed by atoms with E-state index in [1.54, 1.807) is 11.9 Å². The molecular formula is C16H19N3O2. The first-order chi connectivity index (χ1) is 10.2. The molecule has 1 saturated carbocycles. The fourth-order valence-electron chi connectivity index (χ4n) is 2.16. The highest BCUT2D eigenvalue weighted by Crippen LogP contribution is 2.39. The summed E-state index contributed by atoms with van der Waals surface area (Å²) in [6.07, 6.45) is 2.38. The fraction of sp³-hybridized carbons (Fsp3) is 0.375. The van der Waals surface area contributed by atoms with Gasteiger partial charge in [-0.15, -0.1) is 0 Å². The Labute approximate surface area is 123 Å². The van der Waals surface area contributed by atoms with Crippen LogP contribution in [0.2, 0.25) is 0 Å². The first kappa shape index (κ1) is 13.7. The summed E-state index contributed by atoms with van der Waals surface area (Å²) in [7, 11) is 1.77. The first-order valence-electron chi connectivity index (χ1n) is 7.22. The quantitative estimate of drug-likeness (QED) is 0.887. The summed E-state index contributed by atoms with van der Waals surface area (Å²) in [5.41, 5.74) is 1.56.